The van der Waals surface area contributed by atoms with Crippen LogP contribution in [0.2, 0.25) is 10.0 Å². The number of nitrogens with one attached hydrogen (secondary N) is 1. The highest BCUT2D eigenvalue weighted by molar-refractivity contribution is 7.98. The number of hydrogen-bond donors (Lipinski definition) is 2. The largest absolute Gasteiger partial charge is 0.322 e. The topological polar surface area (TPSA) is 55.1 Å². The van der Waals surface area contributed by atoms with Crippen LogP contribution in [-0.2, 0) is 4.79 Å². The Bertz CT molecular complexity index is 422. The molecule has 0 aliphatic carbocycles. The summed E-state index contributed by atoms with van der Waals surface area (Å²) in [5.41, 5.74) is 5.88. The van der Waals surface area contributed by atoms with Crippen molar-refractivity contribution in [2.45, 2.75) is 12.5 Å². The van der Waals surface area contributed by atoms with E-state index in [9.17, 15) is 9.18 Å². The molecule has 1 amide bonds. The maximum absolute atomic E-state index is 13.0. The predicted molar refractivity (Wildman–Crippen MR) is 76.0 cm³/mol. The van der Waals surface area contributed by atoms with Crippen LogP contribution in [0, 0.1) is 5.82 Å². The van der Waals surface area contributed by atoms with Crippen LogP contribution in [0.15, 0.2) is 12.1 Å². The Balaban J connectivity index is 2.76. The highest BCUT2D eigenvalue weighted by Gasteiger charge is 2.16. The SMILES string of the molecule is CSCC[C@H](N)C(=O)Nc1c(Cl)cc(F)cc1Cl. The Morgan fingerprint density at radius 3 is 2.56 bits per heavy atom. The van der Waals surface area contributed by atoms with E-state index in [1.165, 1.54) is 0 Å². The first-order valence-corrected chi connectivity index (χ1v) is 7.30. The van der Waals surface area contributed by atoms with E-state index in [1.807, 2.05) is 6.26 Å². The van der Waals surface area contributed by atoms with Gasteiger partial charge >= 0.3 is 0 Å². The number of hydrogen-bond acceptors (Lipinski definition) is 3. The fraction of sp³-hybridized carbons (Fsp3) is 0.364. The van der Waals surface area contributed by atoms with E-state index in [4.69, 9.17) is 28.9 Å². The Morgan fingerprint density at radius 2 is 2.06 bits per heavy atom. The molecule has 0 spiro atoms. The number of nitrogens with two attached hydrogens (primary N) is 1. The third-order valence-corrected chi connectivity index (χ3v) is 3.46. The van der Waals surface area contributed by atoms with Gasteiger partial charge in [-0.25, -0.2) is 4.39 Å². The maximum Gasteiger partial charge on any atom is 0.241 e. The molecule has 0 aromatic heterocycles. The van der Waals surface area contributed by atoms with Crippen molar-refractivity contribution >= 4 is 46.6 Å². The normalized spacial score (nSPS) is 12.3. The number of thioether (sulfide) groups is 1. The summed E-state index contributed by atoms with van der Waals surface area (Å²) < 4.78 is 13.0. The smallest absolute Gasteiger partial charge is 0.241 e. The van der Waals surface area contributed by atoms with Gasteiger partial charge in [0.15, 0.2) is 0 Å². The summed E-state index contributed by atoms with van der Waals surface area (Å²) in [6.45, 7) is 0. The van der Waals surface area contributed by atoms with Gasteiger partial charge in [-0.15, -0.1) is 0 Å². The second-order valence-electron chi connectivity index (χ2n) is 3.62. The zero-order valence-corrected chi connectivity index (χ0v) is 12.0. The molecule has 0 aliphatic rings. The number of anilines is 1. The van der Waals surface area contributed by atoms with E-state index in [0.29, 0.717) is 6.42 Å². The first-order valence-electron chi connectivity index (χ1n) is 5.15. The van der Waals surface area contributed by atoms with Gasteiger partial charge in [-0.3, -0.25) is 4.79 Å². The molecule has 3 N–H and O–H groups in total. The molecule has 1 aromatic carbocycles. The molecular formula is C11H13Cl2FN2OS. The summed E-state index contributed by atoms with van der Waals surface area (Å²) in [5, 5.41) is 2.60. The van der Waals surface area contributed by atoms with Crippen molar-refractivity contribution in [3.8, 4) is 0 Å². The fourth-order valence-corrected chi connectivity index (χ4v) is 2.30. The molecule has 0 radical (unpaired) electrons. The molecule has 0 saturated heterocycles. The van der Waals surface area contributed by atoms with Crippen molar-refractivity contribution in [1.82, 2.24) is 0 Å². The van der Waals surface area contributed by atoms with Crippen LogP contribution >= 0.6 is 35.0 Å². The van der Waals surface area contributed by atoms with E-state index in [0.717, 1.165) is 17.9 Å². The quantitative estimate of drug-likeness (QED) is 0.878. The summed E-state index contributed by atoms with van der Waals surface area (Å²) in [6, 6.07) is 1.52. The van der Waals surface area contributed by atoms with Crippen LogP contribution in [0.4, 0.5) is 10.1 Å². The molecule has 18 heavy (non-hydrogen) atoms. The van der Waals surface area contributed by atoms with Gasteiger partial charge in [0.1, 0.15) is 5.82 Å². The molecule has 0 saturated carbocycles. The van der Waals surface area contributed by atoms with Gasteiger partial charge in [0.25, 0.3) is 0 Å². The summed E-state index contributed by atoms with van der Waals surface area (Å²) in [4.78, 5) is 11.8. The third-order valence-electron chi connectivity index (χ3n) is 2.22. The zero-order valence-electron chi connectivity index (χ0n) is 9.67. The lowest BCUT2D eigenvalue weighted by Gasteiger charge is -2.13. The third kappa shape index (κ3) is 4.31. The average Bonchev–Trinajstić information content (AvgIpc) is 2.30. The van der Waals surface area contributed by atoms with Gasteiger partial charge in [-0.1, -0.05) is 23.2 Å². The van der Waals surface area contributed by atoms with Gasteiger partial charge < -0.3 is 11.1 Å². The maximum atomic E-state index is 13.0. The Morgan fingerprint density at radius 1 is 1.50 bits per heavy atom. The van der Waals surface area contributed by atoms with Crippen LogP contribution in [0.25, 0.3) is 0 Å². The van der Waals surface area contributed by atoms with Crippen LogP contribution in [0.5, 0.6) is 0 Å². The first-order chi connectivity index (χ1) is 8.45. The van der Waals surface area contributed by atoms with Crippen LogP contribution in [0.1, 0.15) is 6.42 Å². The second kappa shape index (κ2) is 7.19. The van der Waals surface area contributed by atoms with Gasteiger partial charge in [-0.05, 0) is 30.6 Å². The van der Waals surface area contributed by atoms with Crippen molar-refractivity contribution in [2.24, 2.45) is 5.73 Å². The number of amides is 1. The lowest BCUT2D eigenvalue weighted by atomic mass is 10.2. The molecule has 1 atom stereocenters. The van der Waals surface area contributed by atoms with Crippen molar-refractivity contribution in [2.75, 3.05) is 17.3 Å². The Labute approximate surface area is 119 Å². The molecule has 0 bridgehead atoms. The molecule has 1 aromatic rings. The van der Waals surface area contributed by atoms with Crippen LogP contribution in [-0.4, -0.2) is 24.0 Å². The van der Waals surface area contributed by atoms with Crippen LogP contribution in [0.3, 0.4) is 0 Å². The highest BCUT2D eigenvalue weighted by Crippen LogP contribution is 2.31. The van der Waals surface area contributed by atoms with E-state index in [-0.39, 0.29) is 21.6 Å². The van der Waals surface area contributed by atoms with Gasteiger partial charge in [0.2, 0.25) is 5.91 Å². The van der Waals surface area contributed by atoms with E-state index < -0.39 is 11.9 Å². The molecular weight excluding hydrogens is 298 g/mol. The number of carbonyl (C=O) groups is 1. The molecule has 0 heterocycles. The summed E-state index contributed by atoms with van der Waals surface area (Å²) in [7, 11) is 0. The minimum Gasteiger partial charge on any atom is -0.322 e. The summed E-state index contributed by atoms with van der Waals surface area (Å²) in [5.74, 6) is -0.173. The van der Waals surface area contributed by atoms with Gasteiger partial charge in [0, 0.05) is 0 Å². The predicted octanol–water partition coefficient (Wildman–Crippen LogP) is 3.15. The highest BCUT2D eigenvalue weighted by atomic mass is 35.5. The molecule has 0 unspecified atom stereocenters. The van der Waals surface area contributed by atoms with Crippen molar-refractivity contribution in [1.29, 1.82) is 0 Å². The summed E-state index contributed by atoms with van der Waals surface area (Å²) in [6.07, 6.45) is 2.47. The average molecular weight is 311 g/mol. The van der Waals surface area contributed by atoms with E-state index in [1.54, 1.807) is 11.8 Å². The number of rotatable bonds is 5. The van der Waals surface area contributed by atoms with Crippen molar-refractivity contribution < 1.29 is 9.18 Å². The first kappa shape index (κ1) is 15.6. The Kier molecular flexibility index (Phi) is 6.21. The number of benzene rings is 1. The van der Waals surface area contributed by atoms with Gasteiger partial charge in [0.05, 0.1) is 21.8 Å². The van der Waals surface area contributed by atoms with Gasteiger partial charge in [-0.2, -0.15) is 11.8 Å². The minimum absolute atomic E-state index is 0.0467. The number of carbonyl (C=O) groups excluding carboxylic acids is 1. The van der Waals surface area contributed by atoms with Crippen molar-refractivity contribution in [3.05, 3.63) is 28.0 Å². The van der Waals surface area contributed by atoms with Crippen molar-refractivity contribution in [3.63, 3.8) is 0 Å². The fourth-order valence-electron chi connectivity index (χ4n) is 1.25. The monoisotopic (exact) mass is 310 g/mol. The lowest BCUT2D eigenvalue weighted by Crippen LogP contribution is -2.36. The molecule has 1 rings (SSSR count). The zero-order chi connectivity index (χ0) is 13.7. The van der Waals surface area contributed by atoms with Crippen LogP contribution < -0.4 is 11.1 Å². The number of halogens is 3. The van der Waals surface area contributed by atoms with E-state index >= 15 is 0 Å². The minimum atomic E-state index is -0.644. The summed E-state index contributed by atoms with van der Waals surface area (Å²) >= 11 is 13.2. The lowest BCUT2D eigenvalue weighted by molar-refractivity contribution is -0.117. The molecule has 100 valence electrons. The molecule has 7 heteroatoms. The standard InChI is InChI=1S/C11H13Cl2FN2OS/c1-18-3-2-9(15)11(17)16-10-7(12)4-6(14)5-8(10)13/h4-5,9H,2-3,15H2,1H3,(H,16,17)/t9-/m0/s1. The second-order valence-corrected chi connectivity index (χ2v) is 5.42. The van der Waals surface area contributed by atoms with E-state index in [2.05, 4.69) is 5.32 Å². The molecule has 0 aliphatic heterocycles. The molecule has 0 fully saturated rings. The molecule has 3 nitrogen and oxygen atoms in total. The Hall–Kier alpha value is -0.490.